The molecular weight excluding hydrogens is 230 g/mol. The van der Waals surface area contributed by atoms with Gasteiger partial charge in [-0.15, -0.1) is 0 Å². The third-order valence-electron chi connectivity index (χ3n) is 2.34. The minimum Gasteiger partial charge on any atom is -0.366 e. The van der Waals surface area contributed by atoms with Gasteiger partial charge in [-0.1, -0.05) is 18.2 Å². The summed E-state index contributed by atoms with van der Waals surface area (Å²) in [7, 11) is 0. The number of benzene rings is 1. The van der Waals surface area contributed by atoms with Crippen LogP contribution in [0.5, 0.6) is 0 Å². The Labute approximate surface area is 104 Å². The topological polar surface area (TPSA) is 75.8 Å². The van der Waals surface area contributed by atoms with E-state index in [1.54, 1.807) is 30.3 Å². The van der Waals surface area contributed by atoms with Gasteiger partial charge in [-0.2, -0.15) is 5.10 Å². The molecule has 1 aliphatic rings. The zero-order chi connectivity index (χ0) is 13.0. The maximum atomic E-state index is 12.1. The first-order chi connectivity index (χ1) is 8.68. The number of amides is 2. The number of hydrogen-bond acceptors (Lipinski definition) is 3. The second kappa shape index (κ2) is 5.09. The molecule has 1 aromatic rings. The van der Waals surface area contributed by atoms with Crippen molar-refractivity contribution in [3.05, 3.63) is 59.8 Å². The Morgan fingerprint density at radius 3 is 2.56 bits per heavy atom. The Bertz CT molecular complexity index is 559. The Kier molecular flexibility index (Phi) is 3.33. The first-order valence-corrected chi connectivity index (χ1v) is 5.29. The average Bonchev–Trinajstić information content (AvgIpc) is 2.64. The van der Waals surface area contributed by atoms with Gasteiger partial charge in [0, 0.05) is 11.8 Å². The normalized spacial score (nSPS) is 14.0. The van der Waals surface area contributed by atoms with E-state index in [2.05, 4.69) is 5.10 Å². The molecule has 0 aromatic heterocycles. The number of hydrogen-bond donors (Lipinski definition) is 1. The van der Waals surface area contributed by atoms with Crippen LogP contribution in [0.2, 0.25) is 0 Å². The number of allylic oxidation sites excluding steroid dienone is 2. The van der Waals surface area contributed by atoms with Gasteiger partial charge in [0.05, 0.1) is 11.8 Å². The molecule has 90 valence electrons. The lowest BCUT2D eigenvalue weighted by Crippen LogP contribution is -2.20. The predicted octanol–water partition coefficient (Wildman–Crippen LogP) is 1.05. The number of hydrazone groups is 1. The fourth-order valence-electron chi connectivity index (χ4n) is 1.41. The Morgan fingerprint density at radius 1 is 1.17 bits per heavy atom. The molecule has 0 saturated carbocycles. The van der Waals surface area contributed by atoms with Crippen molar-refractivity contribution < 1.29 is 9.59 Å². The van der Waals surface area contributed by atoms with Gasteiger partial charge in [-0.05, 0) is 24.3 Å². The second-order valence-electron chi connectivity index (χ2n) is 3.59. The summed E-state index contributed by atoms with van der Waals surface area (Å²) in [6.07, 6.45) is 5.79. The molecule has 5 heteroatoms. The molecule has 0 saturated heterocycles. The van der Waals surface area contributed by atoms with Crippen molar-refractivity contribution in [3.8, 4) is 0 Å². The van der Waals surface area contributed by atoms with Crippen LogP contribution in [-0.2, 0) is 4.79 Å². The molecule has 5 nitrogen and oxygen atoms in total. The largest absolute Gasteiger partial charge is 0.366 e. The van der Waals surface area contributed by atoms with E-state index in [1.165, 1.54) is 18.5 Å². The maximum Gasteiger partial charge on any atom is 0.278 e. The minimum atomic E-state index is -0.586. The summed E-state index contributed by atoms with van der Waals surface area (Å²) >= 11 is 0. The number of nitrogens with zero attached hydrogens (tertiary/aromatic N) is 2. The van der Waals surface area contributed by atoms with Crippen LogP contribution in [0.4, 0.5) is 0 Å². The van der Waals surface area contributed by atoms with Crippen LogP contribution in [-0.4, -0.2) is 23.0 Å². The van der Waals surface area contributed by atoms with E-state index in [1.807, 2.05) is 6.07 Å². The molecule has 2 rings (SSSR count). The monoisotopic (exact) mass is 241 g/mol. The standard InChI is InChI=1S/C13H11N3O2/c14-12(17)11-7-4-8-16(15-9-11)13(18)10-5-2-1-3-6-10/h1-9H,(H2,14,17). The highest BCUT2D eigenvalue weighted by Crippen LogP contribution is 2.08. The van der Waals surface area contributed by atoms with Crippen molar-refractivity contribution in [2.45, 2.75) is 0 Å². The molecule has 0 unspecified atom stereocenters. The van der Waals surface area contributed by atoms with E-state index in [4.69, 9.17) is 5.73 Å². The summed E-state index contributed by atoms with van der Waals surface area (Å²) in [5.74, 6) is -0.861. The molecule has 0 bridgehead atoms. The van der Waals surface area contributed by atoms with Gasteiger partial charge in [-0.3, -0.25) is 9.59 Å². The van der Waals surface area contributed by atoms with E-state index in [-0.39, 0.29) is 11.5 Å². The molecule has 18 heavy (non-hydrogen) atoms. The zero-order valence-electron chi connectivity index (χ0n) is 9.48. The lowest BCUT2D eigenvalue weighted by atomic mass is 10.2. The van der Waals surface area contributed by atoms with Crippen molar-refractivity contribution in [2.75, 3.05) is 0 Å². The van der Waals surface area contributed by atoms with Gasteiger partial charge in [0.1, 0.15) is 0 Å². The molecule has 0 radical (unpaired) electrons. The van der Waals surface area contributed by atoms with Crippen LogP contribution in [0.3, 0.4) is 0 Å². The van der Waals surface area contributed by atoms with Crippen molar-refractivity contribution >= 4 is 18.0 Å². The summed E-state index contributed by atoms with van der Waals surface area (Å²) in [5.41, 5.74) is 5.89. The highest BCUT2D eigenvalue weighted by atomic mass is 16.2. The van der Waals surface area contributed by atoms with E-state index in [0.29, 0.717) is 5.56 Å². The summed E-state index contributed by atoms with van der Waals surface area (Å²) < 4.78 is 0. The summed E-state index contributed by atoms with van der Waals surface area (Å²) in [6.45, 7) is 0. The lowest BCUT2D eigenvalue weighted by Gasteiger charge is -2.10. The molecule has 2 amide bonds. The summed E-state index contributed by atoms with van der Waals surface area (Å²) in [4.78, 5) is 23.0. The smallest absolute Gasteiger partial charge is 0.278 e. The van der Waals surface area contributed by atoms with Gasteiger partial charge in [0.2, 0.25) is 5.91 Å². The number of primary amides is 1. The minimum absolute atomic E-state index is 0.245. The third-order valence-corrected chi connectivity index (χ3v) is 2.34. The van der Waals surface area contributed by atoms with Gasteiger partial charge >= 0.3 is 0 Å². The molecular formula is C13H11N3O2. The molecule has 2 N–H and O–H groups in total. The summed E-state index contributed by atoms with van der Waals surface area (Å²) in [5, 5.41) is 5.06. The van der Waals surface area contributed by atoms with Crippen LogP contribution < -0.4 is 5.73 Å². The van der Waals surface area contributed by atoms with Crippen LogP contribution in [0.1, 0.15) is 10.4 Å². The molecule has 1 aliphatic heterocycles. The van der Waals surface area contributed by atoms with E-state index >= 15 is 0 Å². The lowest BCUT2D eigenvalue weighted by molar-refractivity contribution is -0.114. The Hall–Kier alpha value is -2.69. The van der Waals surface area contributed by atoms with Crippen LogP contribution in [0.15, 0.2) is 59.4 Å². The highest BCUT2D eigenvalue weighted by Gasteiger charge is 2.13. The highest BCUT2D eigenvalue weighted by molar-refractivity contribution is 6.12. The molecule has 0 atom stereocenters. The van der Waals surface area contributed by atoms with Crippen molar-refractivity contribution in [1.82, 2.24) is 5.01 Å². The molecule has 0 fully saturated rings. The molecule has 1 heterocycles. The second-order valence-corrected chi connectivity index (χ2v) is 3.59. The van der Waals surface area contributed by atoms with E-state index in [9.17, 15) is 9.59 Å². The number of rotatable bonds is 2. The number of carbonyl (C=O) groups excluding carboxylic acids is 2. The first-order valence-electron chi connectivity index (χ1n) is 5.29. The Morgan fingerprint density at radius 2 is 1.89 bits per heavy atom. The number of carbonyl (C=O) groups is 2. The van der Waals surface area contributed by atoms with Gasteiger partial charge in [-0.25, -0.2) is 5.01 Å². The van der Waals surface area contributed by atoms with Crippen LogP contribution in [0.25, 0.3) is 0 Å². The predicted molar refractivity (Wildman–Crippen MR) is 67.5 cm³/mol. The van der Waals surface area contributed by atoms with Crippen molar-refractivity contribution in [2.24, 2.45) is 10.8 Å². The van der Waals surface area contributed by atoms with Gasteiger partial charge in [0.15, 0.2) is 0 Å². The SMILES string of the molecule is NC(=O)C1=CC=CN(C(=O)c2ccccc2)N=C1. The van der Waals surface area contributed by atoms with E-state index in [0.717, 1.165) is 5.01 Å². The van der Waals surface area contributed by atoms with Gasteiger partial charge < -0.3 is 5.73 Å². The van der Waals surface area contributed by atoms with Gasteiger partial charge in [0.25, 0.3) is 5.91 Å². The Balaban J connectivity index is 2.21. The molecule has 0 spiro atoms. The van der Waals surface area contributed by atoms with E-state index < -0.39 is 5.91 Å². The third kappa shape index (κ3) is 2.52. The fourth-order valence-corrected chi connectivity index (χ4v) is 1.41. The van der Waals surface area contributed by atoms with Crippen LogP contribution >= 0.6 is 0 Å². The van der Waals surface area contributed by atoms with Crippen molar-refractivity contribution in [3.63, 3.8) is 0 Å². The van der Waals surface area contributed by atoms with Crippen LogP contribution in [0, 0.1) is 0 Å². The fraction of sp³-hybridized carbons (Fsp3) is 0. The summed E-state index contributed by atoms with van der Waals surface area (Å²) in [6, 6.07) is 8.75. The average molecular weight is 241 g/mol. The quantitative estimate of drug-likeness (QED) is 0.840. The molecule has 1 aromatic carbocycles. The molecule has 0 aliphatic carbocycles. The first kappa shape index (κ1) is 11.8. The number of nitrogens with two attached hydrogens (primary N) is 1. The maximum absolute atomic E-state index is 12.1. The zero-order valence-corrected chi connectivity index (χ0v) is 9.48. The van der Waals surface area contributed by atoms with Crippen molar-refractivity contribution in [1.29, 1.82) is 0 Å².